The van der Waals surface area contributed by atoms with Gasteiger partial charge < -0.3 is 5.32 Å². The molecule has 1 aliphatic carbocycles. The van der Waals surface area contributed by atoms with E-state index >= 15 is 0 Å². The summed E-state index contributed by atoms with van der Waals surface area (Å²) in [4.78, 5) is 11.8. The number of hydrogen-bond acceptors (Lipinski definition) is 5. The topological polar surface area (TPSA) is 66.9 Å². The molecule has 2 rings (SSSR count). The van der Waals surface area contributed by atoms with E-state index in [-0.39, 0.29) is 6.03 Å². The van der Waals surface area contributed by atoms with Gasteiger partial charge in [-0.2, -0.15) is 0 Å². The van der Waals surface area contributed by atoms with Gasteiger partial charge in [0.15, 0.2) is 4.34 Å². The van der Waals surface area contributed by atoms with Gasteiger partial charge >= 0.3 is 6.03 Å². The van der Waals surface area contributed by atoms with Crippen LogP contribution in [0, 0.1) is 0 Å². The maximum atomic E-state index is 11.8. The second kappa shape index (κ2) is 7.09. The number of amides is 2. The Labute approximate surface area is 122 Å². The quantitative estimate of drug-likeness (QED) is 0.660. The molecule has 0 spiro atoms. The molecule has 1 aliphatic rings. The van der Waals surface area contributed by atoms with Crippen LogP contribution in [0.2, 0.25) is 0 Å². The minimum atomic E-state index is -0.163. The molecular formula is C12H20N4OS2. The van der Waals surface area contributed by atoms with Crippen molar-refractivity contribution in [1.82, 2.24) is 15.5 Å². The van der Waals surface area contributed by atoms with Crippen molar-refractivity contribution in [3.8, 4) is 0 Å². The second-order valence-electron chi connectivity index (χ2n) is 4.97. The van der Waals surface area contributed by atoms with Crippen molar-refractivity contribution in [3.05, 3.63) is 0 Å². The third-order valence-electron chi connectivity index (χ3n) is 2.90. The maximum Gasteiger partial charge on any atom is 0.321 e. The molecule has 0 aromatic carbocycles. The van der Waals surface area contributed by atoms with E-state index in [9.17, 15) is 4.79 Å². The van der Waals surface area contributed by atoms with Gasteiger partial charge in [-0.05, 0) is 12.8 Å². The molecule has 19 heavy (non-hydrogen) atoms. The van der Waals surface area contributed by atoms with E-state index in [1.54, 1.807) is 11.8 Å². The number of rotatable bonds is 4. The van der Waals surface area contributed by atoms with E-state index in [2.05, 4.69) is 34.7 Å². The van der Waals surface area contributed by atoms with Crippen LogP contribution in [0.5, 0.6) is 0 Å². The molecule has 1 aromatic rings. The highest BCUT2D eigenvalue weighted by Crippen LogP contribution is 2.28. The Balaban J connectivity index is 1.79. The normalized spacial score (nSPS) is 16.6. The van der Waals surface area contributed by atoms with Gasteiger partial charge in [-0.1, -0.05) is 56.2 Å². The highest BCUT2D eigenvalue weighted by Gasteiger charge is 2.16. The zero-order valence-corrected chi connectivity index (χ0v) is 12.9. The molecule has 0 saturated heterocycles. The average molecular weight is 300 g/mol. The van der Waals surface area contributed by atoms with Gasteiger partial charge in [0.25, 0.3) is 0 Å². The van der Waals surface area contributed by atoms with E-state index in [1.165, 1.54) is 30.6 Å². The number of hydrogen-bond donors (Lipinski definition) is 2. The minimum absolute atomic E-state index is 0.163. The van der Waals surface area contributed by atoms with Crippen molar-refractivity contribution in [2.45, 2.75) is 61.6 Å². The van der Waals surface area contributed by atoms with Crippen molar-refractivity contribution in [3.63, 3.8) is 0 Å². The number of anilines is 1. The van der Waals surface area contributed by atoms with Crippen LogP contribution in [-0.2, 0) is 0 Å². The minimum Gasteiger partial charge on any atom is -0.335 e. The third kappa shape index (κ3) is 4.99. The predicted molar refractivity (Wildman–Crippen MR) is 79.9 cm³/mol. The zero-order valence-electron chi connectivity index (χ0n) is 11.3. The SMILES string of the molecule is CC(C)Sc1nnc(NC(=O)NC2CCCCC2)s1. The van der Waals surface area contributed by atoms with Gasteiger partial charge in [0, 0.05) is 11.3 Å². The number of thioether (sulfide) groups is 1. The first-order valence-electron chi connectivity index (χ1n) is 6.71. The number of carbonyl (C=O) groups is 1. The van der Waals surface area contributed by atoms with Crippen LogP contribution in [0.25, 0.3) is 0 Å². The molecule has 2 N–H and O–H groups in total. The largest absolute Gasteiger partial charge is 0.335 e. The molecule has 0 unspecified atom stereocenters. The lowest BCUT2D eigenvalue weighted by Crippen LogP contribution is -2.38. The number of nitrogens with zero attached hydrogens (tertiary/aromatic N) is 2. The van der Waals surface area contributed by atoms with Gasteiger partial charge in [0.2, 0.25) is 5.13 Å². The molecule has 0 radical (unpaired) electrons. The Kier molecular flexibility index (Phi) is 5.45. The summed E-state index contributed by atoms with van der Waals surface area (Å²) in [5.74, 6) is 0. The predicted octanol–water partition coefficient (Wildman–Crippen LogP) is 3.49. The fourth-order valence-electron chi connectivity index (χ4n) is 2.08. The second-order valence-corrected chi connectivity index (χ2v) is 7.77. The number of carbonyl (C=O) groups excluding carboxylic acids is 1. The van der Waals surface area contributed by atoms with Crippen molar-refractivity contribution < 1.29 is 4.79 Å². The summed E-state index contributed by atoms with van der Waals surface area (Å²) in [6, 6.07) is 0.148. The summed E-state index contributed by atoms with van der Waals surface area (Å²) < 4.78 is 0.892. The van der Waals surface area contributed by atoms with Crippen molar-refractivity contribution >= 4 is 34.3 Å². The lowest BCUT2D eigenvalue weighted by molar-refractivity contribution is 0.244. The van der Waals surface area contributed by atoms with E-state index in [0.717, 1.165) is 17.2 Å². The highest BCUT2D eigenvalue weighted by atomic mass is 32.2. The van der Waals surface area contributed by atoms with E-state index in [1.807, 2.05) is 0 Å². The van der Waals surface area contributed by atoms with Gasteiger partial charge in [0.05, 0.1) is 0 Å². The highest BCUT2D eigenvalue weighted by molar-refractivity contribution is 8.01. The Hall–Kier alpha value is -0.820. The molecule has 5 nitrogen and oxygen atoms in total. The van der Waals surface area contributed by atoms with Crippen molar-refractivity contribution in [2.75, 3.05) is 5.32 Å². The van der Waals surface area contributed by atoms with E-state index < -0.39 is 0 Å². The molecule has 1 fully saturated rings. The first-order chi connectivity index (χ1) is 9.13. The molecule has 106 valence electrons. The third-order valence-corrected chi connectivity index (χ3v) is 4.83. The van der Waals surface area contributed by atoms with Crippen molar-refractivity contribution in [2.24, 2.45) is 0 Å². The zero-order chi connectivity index (χ0) is 13.7. The van der Waals surface area contributed by atoms with Gasteiger partial charge in [0.1, 0.15) is 0 Å². The van der Waals surface area contributed by atoms with Crippen LogP contribution >= 0.6 is 23.1 Å². The molecule has 0 bridgehead atoms. The standard InChI is InChI=1S/C12H20N4OS2/c1-8(2)18-12-16-15-11(19-12)14-10(17)13-9-6-4-3-5-7-9/h8-9H,3-7H2,1-2H3,(H2,13,14,15,17). The smallest absolute Gasteiger partial charge is 0.321 e. The Morgan fingerprint density at radius 1 is 1.32 bits per heavy atom. The summed E-state index contributed by atoms with van der Waals surface area (Å²) in [6.07, 6.45) is 5.86. The van der Waals surface area contributed by atoms with E-state index in [4.69, 9.17) is 0 Å². The number of aromatic nitrogens is 2. The summed E-state index contributed by atoms with van der Waals surface area (Å²) in [6.45, 7) is 4.21. The van der Waals surface area contributed by atoms with Crippen LogP contribution < -0.4 is 10.6 Å². The van der Waals surface area contributed by atoms with Crippen LogP contribution in [0.1, 0.15) is 46.0 Å². The fourth-order valence-corrected chi connectivity index (χ4v) is 4.05. The summed E-state index contributed by atoms with van der Waals surface area (Å²) >= 11 is 3.08. The molecular weight excluding hydrogens is 280 g/mol. The van der Waals surface area contributed by atoms with Crippen LogP contribution in [0.3, 0.4) is 0 Å². The number of urea groups is 1. The van der Waals surface area contributed by atoms with Crippen LogP contribution in [0.15, 0.2) is 4.34 Å². The first kappa shape index (κ1) is 14.6. The van der Waals surface area contributed by atoms with Crippen LogP contribution in [-0.4, -0.2) is 27.5 Å². The molecule has 0 aliphatic heterocycles. The Bertz CT molecular complexity index is 416. The van der Waals surface area contributed by atoms with Gasteiger partial charge in [-0.25, -0.2) is 4.79 Å². The number of nitrogens with one attached hydrogen (secondary N) is 2. The molecule has 1 heterocycles. The maximum absolute atomic E-state index is 11.8. The molecule has 1 saturated carbocycles. The lowest BCUT2D eigenvalue weighted by Gasteiger charge is -2.22. The molecule has 7 heteroatoms. The fraction of sp³-hybridized carbons (Fsp3) is 0.750. The summed E-state index contributed by atoms with van der Waals surface area (Å²) in [5, 5.41) is 14.8. The molecule has 0 atom stereocenters. The lowest BCUT2D eigenvalue weighted by atomic mass is 9.96. The summed E-state index contributed by atoms with van der Waals surface area (Å²) in [7, 11) is 0. The first-order valence-corrected chi connectivity index (χ1v) is 8.41. The van der Waals surface area contributed by atoms with Gasteiger partial charge in [-0.3, -0.25) is 5.32 Å². The summed E-state index contributed by atoms with van der Waals surface area (Å²) in [5.41, 5.74) is 0. The monoisotopic (exact) mass is 300 g/mol. The molecule has 1 aromatic heterocycles. The van der Waals surface area contributed by atoms with Crippen LogP contribution in [0.4, 0.5) is 9.93 Å². The van der Waals surface area contributed by atoms with E-state index in [0.29, 0.717) is 16.4 Å². The molecule has 2 amide bonds. The van der Waals surface area contributed by atoms with Crippen molar-refractivity contribution in [1.29, 1.82) is 0 Å². The Morgan fingerprint density at radius 2 is 2.05 bits per heavy atom. The Morgan fingerprint density at radius 3 is 2.74 bits per heavy atom. The average Bonchev–Trinajstić information content (AvgIpc) is 2.76. The van der Waals surface area contributed by atoms with Gasteiger partial charge in [-0.15, -0.1) is 10.2 Å².